The molecule has 2 aromatic carbocycles. The number of allylic oxidation sites excluding steroid dienone is 1. The van der Waals surface area contributed by atoms with Gasteiger partial charge in [-0.3, -0.25) is 9.36 Å². The zero-order valence-corrected chi connectivity index (χ0v) is 20.9. The van der Waals surface area contributed by atoms with Gasteiger partial charge in [0.15, 0.2) is 4.80 Å². The molecule has 36 heavy (non-hydrogen) atoms. The molecule has 3 heterocycles. The van der Waals surface area contributed by atoms with Gasteiger partial charge in [-0.25, -0.2) is 14.2 Å². The van der Waals surface area contributed by atoms with E-state index in [9.17, 15) is 14.0 Å². The number of carbonyl (C=O) groups excluding carboxylic acids is 1. The van der Waals surface area contributed by atoms with Crippen molar-refractivity contribution in [1.29, 1.82) is 0 Å². The number of rotatable bonds is 5. The molecular formula is C27H20ClFN2O4S. The highest BCUT2D eigenvalue weighted by Gasteiger charge is 2.33. The van der Waals surface area contributed by atoms with Gasteiger partial charge in [-0.15, -0.1) is 0 Å². The van der Waals surface area contributed by atoms with E-state index in [1.54, 1.807) is 50.3 Å². The highest BCUT2D eigenvalue weighted by Crippen LogP contribution is 2.31. The summed E-state index contributed by atoms with van der Waals surface area (Å²) in [5.41, 5.74) is 1.77. The number of benzene rings is 2. The molecule has 0 aliphatic carbocycles. The highest BCUT2D eigenvalue weighted by molar-refractivity contribution is 7.07. The van der Waals surface area contributed by atoms with E-state index in [1.807, 2.05) is 18.2 Å². The van der Waals surface area contributed by atoms with E-state index in [1.165, 1.54) is 28.0 Å². The van der Waals surface area contributed by atoms with Crippen LogP contribution in [0.1, 0.15) is 31.2 Å². The van der Waals surface area contributed by atoms with Crippen molar-refractivity contribution >= 4 is 35.0 Å². The molecule has 0 amide bonds. The number of carbonyl (C=O) groups is 1. The largest absolute Gasteiger partial charge is 0.463 e. The van der Waals surface area contributed by atoms with Crippen molar-refractivity contribution in [3.63, 3.8) is 0 Å². The van der Waals surface area contributed by atoms with Crippen LogP contribution in [0.15, 0.2) is 86.1 Å². The molecule has 1 atom stereocenters. The topological polar surface area (TPSA) is 73.8 Å². The second kappa shape index (κ2) is 9.72. The van der Waals surface area contributed by atoms with Gasteiger partial charge in [0.1, 0.15) is 17.3 Å². The summed E-state index contributed by atoms with van der Waals surface area (Å²) in [5.74, 6) is 0.139. The molecule has 2 aromatic heterocycles. The van der Waals surface area contributed by atoms with Crippen LogP contribution in [0.5, 0.6) is 0 Å². The molecule has 4 aromatic rings. The van der Waals surface area contributed by atoms with Gasteiger partial charge in [0.2, 0.25) is 0 Å². The first-order chi connectivity index (χ1) is 17.4. The number of hydrogen-bond donors (Lipinski definition) is 0. The first-order valence-corrected chi connectivity index (χ1v) is 12.4. The van der Waals surface area contributed by atoms with Crippen LogP contribution >= 0.6 is 22.9 Å². The van der Waals surface area contributed by atoms with E-state index in [0.717, 1.165) is 5.56 Å². The predicted octanol–water partition coefficient (Wildman–Crippen LogP) is 4.85. The first-order valence-electron chi connectivity index (χ1n) is 11.2. The van der Waals surface area contributed by atoms with Crippen LogP contribution in [0, 0.1) is 5.82 Å². The van der Waals surface area contributed by atoms with Gasteiger partial charge in [-0.1, -0.05) is 35.1 Å². The number of hydrogen-bond acceptors (Lipinski definition) is 6. The monoisotopic (exact) mass is 522 g/mol. The lowest BCUT2D eigenvalue weighted by atomic mass is 9.96. The molecule has 9 heteroatoms. The summed E-state index contributed by atoms with van der Waals surface area (Å²) < 4.78 is 26.7. The van der Waals surface area contributed by atoms with Gasteiger partial charge in [-0.05, 0) is 67.9 Å². The number of ether oxygens (including phenoxy) is 1. The minimum absolute atomic E-state index is 0.171. The van der Waals surface area contributed by atoms with Gasteiger partial charge in [-0.2, -0.15) is 0 Å². The van der Waals surface area contributed by atoms with Gasteiger partial charge in [0.05, 0.1) is 28.5 Å². The summed E-state index contributed by atoms with van der Waals surface area (Å²) >= 11 is 7.15. The van der Waals surface area contributed by atoms with Crippen molar-refractivity contribution in [1.82, 2.24) is 4.57 Å². The second-order valence-electron chi connectivity index (χ2n) is 8.06. The highest BCUT2D eigenvalue weighted by atomic mass is 35.5. The lowest BCUT2D eigenvalue weighted by Crippen LogP contribution is -2.39. The van der Waals surface area contributed by atoms with E-state index >= 15 is 0 Å². The summed E-state index contributed by atoms with van der Waals surface area (Å²) in [5, 5.41) is 0.625. The zero-order chi connectivity index (χ0) is 25.4. The van der Waals surface area contributed by atoms with Gasteiger partial charge >= 0.3 is 5.97 Å². The molecule has 0 radical (unpaired) electrons. The number of furan rings is 1. The Morgan fingerprint density at radius 3 is 2.58 bits per heavy atom. The Morgan fingerprint density at radius 2 is 1.89 bits per heavy atom. The Labute approximate surface area is 214 Å². The molecule has 1 aliphatic heterocycles. The molecule has 1 aliphatic rings. The second-order valence-corrected chi connectivity index (χ2v) is 9.51. The molecule has 0 unspecified atom stereocenters. The molecule has 6 nitrogen and oxygen atoms in total. The maximum absolute atomic E-state index is 13.7. The number of aromatic nitrogens is 1. The molecule has 0 saturated carbocycles. The van der Waals surface area contributed by atoms with Crippen LogP contribution in [0.3, 0.4) is 0 Å². The predicted molar refractivity (Wildman–Crippen MR) is 136 cm³/mol. The Kier molecular flexibility index (Phi) is 6.47. The van der Waals surface area contributed by atoms with Crippen molar-refractivity contribution in [2.45, 2.75) is 19.9 Å². The number of fused-ring (bicyclic) bond motifs is 1. The summed E-state index contributed by atoms with van der Waals surface area (Å²) in [7, 11) is 0. The fraction of sp³-hybridized carbons (Fsp3) is 0.148. The number of thiazole rings is 1. The molecular weight excluding hydrogens is 503 g/mol. The van der Waals surface area contributed by atoms with E-state index in [0.29, 0.717) is 37.1 Å². The standard InChI is InChI=1S/C27H20ClFN2O4S/c1-3-34-26(33)23-15(2)30-27-31(24(23)17-6-10-19(29)11-7-17)25(32)22(36-27)14-20-12-13-21(35-20)16-4-8-18(28)9-5-16/h4-14,24H,3H2,1-2H3/b22-14-/t24-/m1/s1. The van der Waals surface area contributed by atoms with E-state index < -0.39 is 17.8 Å². The third-order valence-corrected chi connectivity index (χ3v) is 6.97. The van der Waals surface area contributed by atoms with Crippen molar-refractivity contribution in [2.24, 2.45) is 4.99 Å². The fourth-order valence-corrected chi connectivity index (χ4v) is 5.23. The van der Waals surface area contributed by atoms with Crippen molar-refractivity contribution in [3.05, 3.63) is 114 Å². The Morgan fingerprint density at radius 1 is 1.17 bits per heavy atom. The van der Waals surface area contributed by atoms with Gasteiger partial charge < -0.3 is 9.15 Å². The van der Waals surface area contributed by atoms with Gasteiger partial charge in [0.25, 0.3) is 5.56 Å². The van der Waals surface area contributed by atoms with Crippen LogP contribution in [0.25, 0.3) is 17.4 Å². The molecule has 0 spiro atoms. The summed E-state index contributed by atoms with van der Waals surface area (Å²) in [4.78, 5) is 31.4. The minimum Gasteiger partial charge on any atom is -0.463 e. The van der Waals surface area contributed by atoms with Crippen LogP contribution in [-0.2, 0) is 9.53 Å². The van der Waals surface area contributed by atoms with E-state index in [4.69, 9.17) is 20.8 Å². The lowest BCUT2D eigenvalue weighted by molar-refractivity contribution is -0.139. The normalized spacial score (nSPS) is 15.6. The third-order valence-electron chi connectivity index (χ3n) is 5.73. The number of esters is 1. The van der Waals surface area contributed by atoms with Crippen molar-refractivity contribution < 1.29 is 18.3 Å². The average Bonchev–Trinajstić information content (AvgIpc) is 3.44. The van der Waals surface area contributed by atoms with Crippen molar-refractivity contribution in [2.75, 3.05) is 6.61 Å². The average molecular weight is 523 g/mol. The first kappa shape index (κ1) is 24.0. The number of halogens is 2. The SMILES string of the molecule is CCOC(=O)C1=C(C)N=c2s/c(=C\c3ccc(-c4ccc(Cl)cc4)o3)c(=O)n2[C@@H]1c1ccc(F)cc1. The molecule has 0 bridgehead atoms. The Balaban J connectivity index is 1.63. The molecule has 0 fully saturated rings. The fourth-order valence-electron chi connectivity index (χ4n) is 4.08. The van der Waals surface area contributed by atoms with E-state index in [-0.39, 0.29) is 17.7 Å². The zero-order valence-electron chi connectivity index (χ0n) is 19.3. The quantitative estimate of drug-likeness (QED) is 0.351. The smallest absolute Gasteiger partial charge is 0.338 e. The Bertz CT molecular complexity index is 1660. The molecule has 5 rings (SSSR count). The molecule has 0 saturated heterocycles. The third kappa shape index (κ3) is 4.45. The van der Waals surface area contributed by atoms with Gasteiger partial charge in [0, 0.05) is 16.7 Å². The maximum Gasteiger partial charge on any atom is 0.338 e. The van der Waals surface area contributed by atoms with Crippen LogP contribution in [0.2, 0.25) is 5.02 Å². The lowest BCUT2D eigenvalue weighted by Gasteiger charge is -2.24. The van der Waals surface area contributed by atoms with Crippen LogP contribution < -0.4 is 14.9 Å². The minimum atomic E-state index is -0.802. The number of nitrogens with zero attached hydrogens (tertiary/aromatic N) is 2. The Hall–Kier alpha value is -3.75. The summed E-state index contributed by atoms with van der Waals surface area (Å²) in [6, 6.07) is 15.7. The van der Waals surface area contributed by atoms with Crippen LogP contribution in [-0.4, -0.2) is 17.1 Å². The summed E-state index contributed by atoms with van der Waals surface area (Å²) in [6.45, 7) is 3.58. The summed E-state index contributed by atoms with van der Waals surface area (Å²) in [6.07, 6.45) is 1.65. The van der Waals surface area contributed by atoms with Crippen molar-refractivity contribution in [3.8, 4) is 11.3 Å². The molecule has 0 N–H and O–H groups in total. The molecule has 182 valence electrons. The van der Waals surface area contributed by atoms with E-state index in [2.05, 4.69) is 4.99 Å². The van der Waals surface area contributed by atoms with Crippen LogP contribution in [0.4, 0.5) is 4.39 Å². The maximum atomic E-state index is 13.7.